The minimum Gasteiger partial charge on any atom is -0.494 e. The summed E-state index contributed by atoms with van der Waals surface area (Å²) in [5, 5.41) is 3.44. The molecule has 1 saturated heterocycles. The van der Waals surface area contributed by atoms with Gasteiger partial charge in [0.1, 0.15) is 5.75 Å². The van der Waals surface area contributed by atoms with Crippen molar-refractivity contribution < 1.29 is 4.74 Å². The van der Waals surface area contributed by atoms with E-state index < -0.39 is 0 Å². The third-order valence-corrected chi connectivity index (χ3v) is 4.20. The molecule has 1 heterocycles. The van der Waals surface area contributed by atoms with Crippen molar-refractivity contribution in [1.82, 2.24) is 21.1 Å². The second kappa shape index (κ2) is 10.4. The SMILES string of the molecule is CNC(=S)NNCCCOc1cccc(CN2CCCCC2)c1. The lowest BCUT2D eigenvalue weighted by Crippen LogP contribution is -2.43. The molecule has 1 fully saturated rings. The average molecular weight is 337 g/mol. The number of nitrogens with one attached hydrogen (secondary N) is 3. The Bertz CT molecular complexity index is 477. The first-order valence-electron chi connectivity index (χ1n) is 8.42. The molecule has 3 N–H and O–H groups in total. The van der Waals surface area contributed by atoms with Crippen LogP contribution in [0.2, 0.25) is 0 Å². The minimum atomic E-state index is 0.594. The summed E-state index contributed by atoms with van der Waals surface area (Å²) in [6.45, 7) is 4.96. The Labute approximate surface area is 144 Å². The van der Waals surface area contributed by atoms with Crippen molar-refractivity contribution in [2.45, 2.75) is 32.2 Å². The fourth-order valence-electron chi connectivity index (χ4n) is 2.67. The number of thiocarbonyl (C=S) groups is 1. The van der Waals surface area contributed by atoms with Crippen LogP contribution in [-0.2, 0) is 6.54 Å². The third-order valence-electron chi connectivity index (χ3n) is 3.90. The van der Waals surface area contributed by atoms with E-state index in [0.29, 0.717) is 11.7 Å². The van der Waals surface area contributed by atoms with Crippen molar-refractivity contribution >= 4 is 17.3 Å². The highest BCUT2D eigenvalue weighted by Gasteiger charge is 2.10. The van der Waals surface area contributed by atoms with Crippen LogP contribution < -0.4 is 20.9 Å². The van der Waals surface area contributed by atoms with Crippen LogP contribution in [0.25, 0.3) is 0 Å². The van der Waals surface area contributed by atoms with Crippen LogP contribution in [-0.4, -0.2) is 43.3 Å². The maximum Gasteiger partial charge on any atom is 0.180 e. The van der Waals surface area contributed by atoms with Crippen LogP contribution in [0.15, 0.2) is 24.3 Å². The van der Waals surface area contributed by atoms with Gasteiger partial charge in [-0.05, 0) is 62.3 Å². The molecule has 1 aliphatic rings. The zero-order valence-corrected chi connectivity index (χ0v) is 14.8. The Hall–Kier alpha value is -1.37. The second-order valence-corrected chi connectivity index (χ2v) is 6.23. The van der Waals surface area contributed by atoms with E-state index in [0.717, 1.165) is 25.3 Å². The van der Waals surface area contributed by atoms with Crippen molar-refractivity contribution in [3.05, 3.63) is 29.8 Å². The Kier molecular flexibility index (Phi) is 8.14. The number of benzene rings is 1. The van der Waals surface area contributed by atoms with Crippen LogP contribution in [0, 0.1) is 0 Å². The normalized spacial score (nSPS) is 15.2. The predicted molar refractivity (Wildman–Crippen MR) is 98.5 cm³/mol. The summed E-state index contributed by atoms with van der Waals surface area (Å²) in [4.78, 5) is 2.53. The highest BCUT2D eigenvalue weighted by Crippen LogP contribution is 2.17. The summed E-state index contributed by atoms with van der Waals surface area (Å²) >= 11 is 4.97. The Morgan fingerprint density at radius 2 is 2.09 bits per heavy atom. The van der Waals surface area contributed by atoms with Gasteiger partial charge in [-0.25, -0.2) is 5.43 Å². The van der Waals surface area contributed by atoms with Crippen LogP contribution in [0.4, 0.5) is 0 Å². The van der Waals surface area contributed by atoms with Gasteiger partial charge < -0.3 is 10.1 Å². The van der Waals surface area contributed by atoms with Crippen molar-refractivity contribution in [1.29, 1.82) is 0 Å². The lowest BCUT2D eigenvalue weighted by molar-refractivity contribution is 0.220. The molecule has 0 aromatic heterocycles. The monoisotopic (exact) mass is 336 g/mol. The van der Waals surface area contributed by atoms with Crippen molar-refractivity contribution in [2.75, 3.05) is 33.3 Å². The largest absolute Gasteiger partial charge is 0.494 e. The molecule has 0 saturated carbocycles. The molecule has 5 nitrogen and oxygen atoms in total. The first kappa shape index (κ1) is 18.0. The maximum absolute atomic E-state index is 5.83. The van der Waals surface area contributed by atoms with Gasteiger partial charge in [0, 0.05) is 20.1 Å². The fourth-order valence-corrected chi connectivity index (χ4v) is 2.74. The van der Waals surface area contributed by atoms with Gasteiger partial charge in [-0.1, -0.05) is 18.6 Å². The summed E-state index contributed by atoms with van der Waals surface area (Å²) < 4.78 is 5.83. The number of ether oxygens (including phenoxy) is 1. The smallest absolute Gasteiger partial charge is 0.180 e. The number of hydrazine groups is 1. The number of hydrogen-bond donors (Lipinski definition) is 3. The standard InChI is InChI=1S/C17H28N4OS/c1-18-17(23)20-19-9-6-12-22-16-8-5-7-15(13-16)14-21-10-3-2-4-11-21/h5,7-8,13,19H,2-4,6,9-12,14H2,1H3,(H2,18,20,23). The summed E-state index contributed by atoms with van der Waals surface area (Å²) in [5.41, 5.74) is 7.28. The Balaban J connectivity index is 1.65. The maximum atomic E-state index is 5.83. The molecule has 0 atom stereocenters. The van der Waals surface area contributed by atoms with Crippen molar-refractivity contribution in [3.8, 4) is 5.75 Å². The van der Waals surface area contributed by atoms with Crippen LogP contribution in [0.1, 0.15) is 31.2 Å². The quantitative estimate of drug-likeness (QED) is 0.384. The van der Waals surface area contributed by atoms with Gasteiger partial charge in [-0.15, -0.1) is 0 Å². The molecule has 1 aromatic carbocycles. The summed E-state index contributed by atoms with van der Waals surface area (Å²) in [5.74, 6) is 0.957. The number of hydrogen-bond acceptors (Lipinski definition) is 4. The first-order chi connectivity index (χ1) is 11.3. The number of likely N-dealkylation sites (tertiary alicyclic amines) is 1. The molecule has 1 aromatic rings. The number of rotatable bonds is 8. The van der Waals surface area contributed by atoms with Gasteiger partial charge in [-0.2, -0.15) is 0 Å². The van der Waals surface area contributed by atoms with E-state index in [9.17, 15) is 0 Å². The molecule has 0 amide bonds. The van der Waals surface area contributed by atoms with Gasteiger partial charge in [0.2, 0.25) is 0 Å². The van der Waals surface area contributed by atoms with Gasteiger partial charge in [0.15, 0.2) is 5.11 Å². The molecule has 0 spiro atoms. The molecular weight excluding hydrogens is 308 g/mol. The minimum absolute atomic E-state index is 0.594. The lowest BCUT2D eigenvalue weighted by Gasteiger charge is -2.26. The third kappa shape index (κ3) is 7.16. The van der Waals surface area contributed by atoms with E-state index >= 15 is 0 Å². The van der Waals surface area contributed by atoms with Crippen molar-refractivity contribution in [2.24, 2.45) is 0 Å². The average Bonchev–Trinajstić information content (AvgIpc) is 2.59. The number of piperidine rings is 1. The molecule has 6 heteroatoms. The zero-order chi connectivity index (χ0) is 16.3. The molecule has 1 aliphatic heterocycles. The summed E-state index contributed by atoms with van der Waals surface area (Å²) in [6, 6.07) is 8.46. The van der Waals surface area contributed by atoms with Gasteiger partial charge in [0.05, 0.1) is 6.61 Å². The van der Waals surface area contributed by atoms with E-state index in [-0.39, 0.29) is 0 Å². The van der Waals surface area contributed by atoms with Crippen LogP contribution in [0.5, 0.6) is 5.75 Å². The van der Waals surface area contributed by atoms with E-state index in [4.69, 9.17) is 17.0 Å². The molecule has 0 bridgehead atoms. The van der Waals surface area contributed by atoms with Gasteiger partial charge in [0.25, 0.3) is 0 Å². The highest BCUT2D eigenvalue weighted by molar-refractivity contribution is 7.80. The molecule has 23 heavy (non-hydrogen) atoms. The van der Waals surface area contributed by atoms with E-state index in [2.05, 4.69) is 39.3 Å². The first-order valence-corrected chi connectivity index (χ1v) is 8.83. The second-order valence-electron chi connectivity index (χ2n) is 5.82. The summed E-state index contributed by atoms with van der Waals surface area (Å²) in [6.07, 6.45) is 4.94. The molecule has 0 radical (unpaired) electrons. The predicted octanol–water partition coefficient (Wildman–Crippen LogP) is 2.04. The molecule has 0 aliphatic carbocycles. The van der Waals surface area contributed by atoms with E-state index in [1.54, 1.807) is 7.05 Å². The van der Waals surface area contributed by atoms with Gasteiger partial charge in [-0.3, -0.25) is 10.3 Å². The molecule has 0 unspecified atom stereocenters. The molecular formula is C17H28N4OS. The fraction of sp³-hybridized carbons (Fsp3) is 0.588. The highest BCUT2D eigenvalue weighted by atomic mass is 32.1. The zero-order valence-electron chi connectivity index (χ0n) is 13.9. The van der Waals surface area contributed by atoms with Crippen LogP contribution in [0.3, 0.4) is 0 Å². The van der Waals surface area contributed by atoms with Crippen LogP contribution >= 0.6 is 12.2 Å². The summed E-state index contributed by atoms with van der Waals surface area (Å²) in [7, 11) is 1.79. The molecule has 128 valence electrons. The van der Waals surface area contributed by atoms with Gasteiger partial charge >= 0.3 is 0 Å². The Morgan fingerprint density at radius 1 is 1.26 bits per heavy atom. The number of nitrogens with zero attached hydrogens (tertiary/aromatic N) is 1. The topological polar surface area (TPSA) is 48.6 Å². The Morgan fingerprint density at radius 3 is 2.87 bits per heavy atom. The van der Waals surface area contributed by atoms with Crippen molar-refractivity contribution in [3.63, 3.8) is 0 Å². The molecule has 2 rings (SSSR count). The van der Waals surface area contributed by atoms with E-state index in [1.165, 1.54) is 37.9 Å². The van der Waals surface area contributed by atoms with E-state index in [1.807, 2.05) is 6.07 Å². The lowest BCUT2D eigenvalue weighted by atomic mass is 10.1.